The van der Waals surface area contributed by atoms with Crippen molar-refractivity contribution in [2.45, 2.75) is 12.3 Å². The van der Waals surface area contributed by atoms with Crippen LogP contribution in [-0.2, 0) is 22.3 Å². The van der Waals surface area contributed by atoms with E-state index in [4.69, 9.17) is 34.8 Å². The zero-order valence-electron chi connectivity index (χ0n) is 18.3. The molecule has 1 N–H and O–H groups in total. The highest BCUT2D eigenvalue weighted by atomic mass is 35.5. The molecule has 0 aliphatic heterocycles. The number of carbonyl (C=O) groups is 1. The van der Waals surface area contributed by atoms with Gasteiger partial charge in [0.05, 0.1) is 18.5 Å². The molecule has 0 aliphatic rings. The first-order chi connectivity index (χ1) is 16.1. The van der Waals surface area contributed by atoms with Crippen LogP contribution in [0.1, 0.15) is 21.5 Å². The number of anilines is 1. The van der Waals surface area contributed by atoms with Gasteiger partial charge in [0.15, 0.2) is 0 Å². The van der Waals surface area contributed by atoms with E-state index in [2.05, 4.69) is 5.32 Å². The zero-order valence-corrected chi connectivity index (χ0v) is 22.2. The summed E-state index contributed by atoms with van der Waals surface area (Å²) < 4.78 is 25.9. The molecule has 3 aromatic carbocycles. The van der Waals surface area contributed by atoms with Crippen molar-refractivity contribution in [3.63, 3.8) is 0 Å². The van der Waals surface area contributed by atoms with Crippen LogP contribution in [0.3, 0.4) is 0 Å². The molecule has 0 spiro atoms. The number of carbonyl (C=O) groups excluding carboxylic acids is 1. The Morgan fingerprint density at radius 3 is 2.24 bits per heavy atom. The van der Waals surface area contributed by atoms with Gasteiger partial charge in [-0.25, -0.2) is 8.42 Å². The molecule has 0 heterocycles. The highest BCUT2D eigenvalue weighted by Crippen LogP contribution is 2.28. The molecule has 3 aromatic rings. The second-order valence-corrected chi connectivity index (χ2v) is 11.7. The van der Waals surface area contributed by atoms with Crippen molar-refractivity contribution < 1.29 is 13.2 Å². The van der Waals surface area contributed by atoms with Crippen LogP contribution < -0.4 is 9.62 Å². The Labute approximate surface area is 219 Å². The van der Waals surface area contributed by atoms with Crippen molar-refractivity contribution in [2.75, 3.05) is 22.9 Å². The number of rotatable bonds is 10. The average molecular weight is 558 g/mol. The van der Waals surface area contributed by atoms with Crippen molar-refractivity contribution in [1.82, 2.24) is 5.32 Å². The van der Waals surface area contributed by atoms with Gasteiger partial charge in [0.25, 0.3) is 5.91 Å². The van der Waals surface area contributed by atoms with Crippen LogP contribution in [0.5, 0.6) is 0 Å². The van der Waals surface area contributed by atoms with Crippen molar-refractivity contribution in [3.05, 3.63) is 98.5 Å². The monoisotopic (exact) mass is 556 g/mol. The van der Waals surface area contributed by atoms with E-state index in [1.807, 2.05) is 0 Å². The number of amides is 1. The Balaban J connectivity index is 1.53. The molecule has 0 aliphatic carbocycles. The second kappa shape index (κ2) is 12.2. The molecule has 34 heavy (non-hydrogen) atoms. The van der Waals surface area contributed by atoms with Gasteiger partial charge in [-0.3, -0.25) is 9.10 Å². The van der Waals surface area contributed by atoms with E-state index in [1.165, 1.54) is 4.31 Å². The number of hydrogen-bond acceptors (Lipinski definition) is 4. The average Bonchev–Trinajstić information content (AvgIpc) is 2.78. The molecule has 0 radical (unpaired) electrons. The van der Waals surface area contributed by atoms with Gasteiger partial charge < -0.3 is 5.32 Å². The molecule has 3 rings (SSSR count). The van der Waals surface area contributed by atoms with Crippen molar-refractivity contribution >= 4 is 68.2 Å². The van der Waals surface area contributed by atoms with Crippen molar-refractivity contribution in [1.29, 1.82) is 0 Å². The van der Waals surface area contributed by atoms with Crippen LogP contribution in [0.25, 0.3) is 0 Å². The van der Waals surface area contributed by atoms with Crippen molar-refractivity contribution in [2.24, 2.45) is 0 Å². The SMILES string of the molecule is CS(=O)(=O)N(Cc1ccc(C(=O)NCCSCc2c(Cl)cccc2Cl)cc1)c1cccc(Cl)c1. The predicted molar refractivity (Wildman–Crippen MR) is 144 cm³/mol. The maximum absolute atomic E-state index is 12.5. The summed E-state index contributed by atoms with van der Waals surface area (Å²) in [6.45, 7) is 0.617. The van der Waals surface area contributed by atoms with Gasteiger partial charge in [0, 0.05) is 38.7 Å². The van der Waals surface area contributed by atoms with Crippen LogP contribution in [0, 0.1) is 0 Å². The van der Waals surface area contributed by atoms with Crippen LogP contribution >= 0.6 is 46.6 Å². The third-order valence-corrected chi connectivity index (χ3v) is 7.95. The summed E-state index contributed by atoms with van der Waals surface area (Å²) in [6.07, 6.45) is 1.15. The number of sulfonamides is 1. The summed E-state index contributed by atoms with van der Waals surface area (Å²) in [5, 5.41) is 4.60. The topological polar surface area (TPSA) is 66.5 Å². The first kappa shape index (κ1) is 26.7. The summed E-state index contributed by atoms with van der Waals surface area (Å²) in [5.74, 6) is 1.17. The molecule has 10 heteroatoms. The van der Waals surface area contributed by atoms with Gasteiger partial charge in [0.1, 0.15) is 0 Å². The maximum Gasteiger partial charge on any atom is 0.251 e. The normalized spacial score (nSPS) is 11.3. The van der Waals surface area contributed by atoms with E-state index in [9.17, 15) is 13.2 Å². The molecule has 0 fully saturated rings. The molecule has 180 valence electrons. The van der Waals surface area contributed by atoms with Crippen LogP contribution in [0.15, 0.2) is 66.7 Å². The van der Waals surface area contributed by atoms with E-state index in [0.717, 1.165) is 17.4 Å². The minimum atomic E-state index is -3.53. The van der Waals surface area contributed by atoms with Gasteiger partial charge >= 0.3 is 0 Å². The second-order valence-electron chi connectivity index (χ2n) is 7.46. The molecule has 1 amide bonds. The Morgan fingerprint density at radius 2 is 1.62 bits per heavy atom. The van der Waals surface area contributed by atoms with Gasteiger partial charge in [-0.15, -0.1) is 0 Å². The summed E-state index contributed by atoms with van der Waals surface area (Å²) in [6, 6.07) is 18.9. The smallest absolute Gasteiger partial charge is 0.251 e. The highest BCUT2D eigenvalue weighted by Gasteiger charge is 2.18. The van der Waals surface area contributed by atoms with E-state index in [0.29, 0.717) is 44.4 Å². The number of hydrogen-bond donors (Lipinski definition) is 1. The van der Waals surface area contributed by atoms with E-state index in [-0.39, 0.29) is 12.5 Å². The molecule has 5 nitrogen and oxygen atoms in total. The fourth-order valence-corrected chi connectivity index (χ4v) is 5.80. The Morgan fingerprint density at radius 1 is 0.971 bits per heavy atom. The quantitative estimate of drug-likeness (QED) is 0.298. The van der Waals surface area contributed by atoms with Crippen molar-refractivity contribution in [3.8, 4) is 0 Å². The number of nitrogens with one attached hydrogen (secondary N) is 1. The van der Waals surface area contributed by atoms with Gasteiger partial charge in [-0.2, -0.15) is 11.8 Å². The standard InChI is InChI=1S/C24H23Cl3N2O3S2/c1-34(31,32)29(20-5-2-4-19(25)14-20)15-17-8-10-18(11-9-17)24(30)28-12-13-33-16-21-22(26)6-3-7-23(21)27/h2-11,14H,12-13,15-16H2,1H3,(H,28,30). The third-order valence-electron chi connectivity index (χ3n) is 4.88. The number of nitrogens with zero attached hydrogens (tertiary/aromatic N) is 1. The van der Waals surface area contributed by atoms with E-state index >= 15 is 0 Å². The lowest BCUT2D eigenvalue weighted by atomic mass is 10.1. The van der Waals surface area contributed by atoms with Crippen LogP contribution in [0.4, 0.5) is 5.69 Å². The Kier molecular flexibility index (Phi) is 9.56. The first-order valence-corrected chi connectivity index (χ1v) is 14.4. The number of thioether (sulfide) groups is 1. The van der Waals surface area contributed by atoms with Gasteiger partial charge in [-0.05, 0) is 53.6 Å². The van der Waals surface area contributed by atoms with Crippen LogP contribution in [-0.4, -0.2) is 32.9 Å². The molecule has 0 unspecified atom stereocenters. The largest absolute Gasteiger partial charge is 0.351 e. The van der Waals surface area contributed by atoms with Crippen LogP contribution in [0.2, 0.25) is 15.1 Å². The fourth-order valence-electron chi connectivity index (χ4n) is 3.14. The Bertz CT molecular complexity index is 1230. The first-order valence-electron chi connectivity index (χ1n) is 10.3. The predicted octanol–water partition coefficient (Wildman–Crippen LogP) is 6.28. The van der Waals surface area contributed by atoms with Gasteiger partial charge in [0.2, 0.25) is 10.0 Å². The molecular weight excluding hydrogens is 535 g/mol. The fraction of sp³-hybridized carbons (Fsp3) is 0.208. The number of benzene rings is 3. The lowest BCUT2D eigenvalue weighted by Crippen LogP contribution is -2.29. The maximum atomic E-state index is 12.5. The molecule has 0 bridgehead atoms. The molecule has 0 atom stereocenters. The van der Waals surface area contributed by atoms with Gasteiger partial charge in [-0.1, -0.05) is 59.1 Å². The Hall–Kier alpha value is -1.90. The minimum absolute atomic E-state index is 0.127. The molecule has 0 saturated carbocycles. The summed E-state index contributed by atoms with van der Waals surface area (Å²) in [5.41, 5.74) is 2.61. The highest BCUT2D eigenvalue weighted by molar-refractivity contribution is 7.98. The lowest BCUT2D eigenvalue weighted by molar-refractivity contribution is 0.0956. The summed E-state index contributed by atoms with van der Waals surface area (Å²) in [4.78, 5) is 12.5. The minimum Gasteiger partial charge on any atom is -0.351 e. The third kappa shape index (κ3) is 7.55. The summed E-state index contributed by atoms with van der Waals surface area (Å²) in [7, 11) is -3.53. The van der Waals surface area contributed by atoms with E-state index in [1.54, 1.807) is 78.5 Å². The zero-order chi connectivity index (χ0) is 24.7. The van der Waals surface area contributed by atoms with E-state index < -0.39 is 10.0 Å². The molecular formula is C24H23Cl3N2O3S2. The lowest BCUT2D eigenvalue weighted by Gasteiger charge is -2.22. The molecule has 0 aromatic heterocycles. The number of halogens is 3. The summed E-state index contributed by atoms with van der Waals surface area (Å²) >= 11 is 20.0. The molecule has 0 saturated heterocycles.